The number of hydrogen-bond acceptors (Lipinski definition) is 3. The van der Waals surface area contributed by atoms with Gasteiger partial charge < -0.3 is 5.32 Å². The van der Waals surface area contributed by atoms with Crippen molar-refractivity contribution >= 4 is 5.91 Å². The summed E-state index contributed by atoms with van der Waals surface area (Å²) < 4.78 is 0. The molecule has 0 fully saturated rings. The third-order valence-corrected chi connectivity index (χ3v) is 3.89. The van der Waals surface area contributed by atoms with Crippen LogP contribution in [0.15, 0.2) is 61.1 Å². The maximum absolute atomic E-state index is 12.5. The van der Waals surface area contributed by atoms with Crippen LogP contribution < -0.4 is 5.32 Å². The van der Waals surface area contributed by atoms with Crippen molar-refractivity contribution in [3.63, 3.8) is 0 Å². The van der Waals surface area contributed by atoms with Gasteiger partial charge in [0.2, 0.25) is 0 Å². The predicted octanol–water partition coefficient (Wildman–Crippen LogP) is 3.69. The van der Waals surface area contributed by atoms with Gasteiger partial charge in [-0.05, 0) is 49.2 Å². The molecule has 1 amide bonds. The van der Waals surface area contributed by atoms with Crippen molar-refractivity contribution < 1.29 is 4.79 Å². The van der Waals surface area contributed by atoms with Gasteiger partial charge in [-0.2, -0.15) is 0 Å². The highest BCUT2D eigenvalue weighted by Crippen LogP contribution is 2.20. The third kappa shape index (κ3) is 3.49. The number of benzene rings is 1. The number of aryl methyl sites for hydroxylation is 2. The SMILES string of the molecule is Cc1ccc(C(=O)NCc2cccnc2-c2cccnc2)c(C)c1. The molecule has 0 aliphatic heterocycles. The topological polar surface area (TPSA) is 54.9 Å². The summed E-state index contributed by atoms with van der Waals surface area (Å²) in [4.78, 5) is 21.0. The summed E-state index contributed by atoms with van der Waals surface area (Å²) in [7, 11) is 0. The van der Waals surface area contributed by atoms with Crippen LogP contribution in [0.25, 0.3) is 11.3 Å². The Balaban J connectivity index is 1.79. The second kappa shape index (κ2) is 7.04. The van der Waals surface area contributed by atoms with Gasteiger partial charge in [0, 0.05) is 36.3 Å². The second-order valence-corrected chi connectivity index (χ2v) is 5.75. The van der Waals surface area contributed by atoms with E-state index in [1.54, 1.807) is 18.6 Å². The van der Waals surface area contributed by atoms with Crippen molar-refractivity contribution in [2.45, 2.75) is 20.4 Å². The molecule has 0 saturated carbocycles. The molecule has 2 aromatic heterocycles. The van der Waals surface area contributed by atoms with Gasteiger partial charge in [0.25, 0.3) is 5.91 Å². The van der Waals surface area contributed by atoms with Crippen molar-refractivity contribution in [2.75, 3.05) is 0 Å². The Bertz CT molecular complexity index is 860. The van der Waals surface area contributed by atoms with Crippen LogP contribution in [-0.4, -0.2) is 15.9 Å². The number of aromatic nitrogens is 2. The average Bonchev–Trinajstić information content (AvgIpc) is 2.61. The third-order valence-electron chi connectivity index (χ3n) is 3.89. The summed E-state index contributed by atoms with van der Waals surface area (Å²) in [5.74, 6) is -0.0755. The molecule has 3 rings (SSSR count). The number of amides is 1. The highest BCUT2D eigenvalue weighted by Gasteiger charge is 2.11. The van der Waals surface area contributed by atoms with Gasteiger partial charge in [0.15, 0.2) is 0 Å². The van der Waals surface area contributed by atoms with E-state index in [9.17, 15) is 4.79 Å². The number of rotatable bonds is 4. The molecular formula is C20H19N3O. The molecule has 120 valence electrons. The molecule has 1 aromatic carbocycles. The van der Waals surface area contributed by atoms with Crippen LogP contribution in [0.3, 0.4) is 0 Å². The van der Waals surface area contributed by atoms with E-state index in [1.807, 2.05) is 56.3 Å². The maximum Gasteiger partial charge on any atom is 0.251 e. The van der Waals surface area contributed by atoms with Crippen LogP contribution >= 0.6 is 0 Å². The van der Waals surface area contributed by atoms with E-state index in [2.05, 4.69) is 15.3 Å². The van der Waals surface area contributed by atoms with E-state index >= 15 is 0 Å². The van der Waals surface area contributed by atoms with Gasteiger partial charge in [-0.1, -0.05) is 23.8 Å². The van der Waals surface area contributed by atoms with Crippen molar-refractivity contribution in [3.8, 4) is 11.3 Å². The lowest BCUT2D eigenvalue weighted by atomic mass is 10.0. The summed E-state index contributed by atoms with van der Waals surface area (Å²) in [5.41, 5.74) is 5.57. The molecule has 4 nitrogen and oxygen atoms in total. The Hall–Kier alpha value is -3.01. The molecule has 0 bridgehead atoms. The highest BCUT2D eigenvalue weighted by molar-refractivity contribution is 5.95. The van der Waals surface area contributed by atoms with Crippen molar-refractivity contribution in [1.29, 1.82) is 0 Å². The lowest BCUT2D eigenvalue weighted by Gasteiger charge is -2.11. The number of carbonyl (C=O) groups excluding carboxylic acids is 1. The van der Waals surface area contributed by atoms with E-state index in [4.69, 9.17) is 0 Å². The molecule has 0 aliphatic carbocycles. The van der Waals surface area contributed by atoms with Crippen molar-refractivity contribution in [1.82, 2.24) is 15.3 Å². The van der Waals surface area contributed by atoms with Gasteiger partial charge in [-0.25, -0.2) is 0 Å². The van der Waals surface area contributed by atoms with E-state index in [-0.39, 0.29) is 5.91 Å². The molecule has 0 radical (unpaired) electrons. The van der Waals surface area contributed by atoms with Crippen LogP contribution in [0.5, 0.6) is 0 Å². The van der Waals surface area contributed by atoms with Gasteiger partial charge in [0.05, 0.1) is 5.69 Å². The van der Waals surface area contributed by atoms with Crippen LogP contribution in [0, 0.1) is 13.8 Å². The Labute approximate surface area is 141 Å². The quantitative estimate of drug-likeness (QED) is 0.798. The first-order chi connectivity index (χ1) is 11.6. The molecule has 0 unspecified atom stereocenters. The molecular weight excluding hydrogens is 298 g/mol. The molecule has 0 saturated heterocycles. The van der Waals surface area contributed by atoms with E-state index < -0.39 is 0 Å². The fourth-order valence-electron chi connectivity index (χ4n) is 2.68. The molecule has 3 aromatic rings. The van der Waals surface area contributed by atoms with Gasteiger partial charge in [-0.3, -0.25) is 14.8 Å². The van der Waals surface area contributed by atoms with Gasteiger partial charge in [0.1, 0.15) is 0 Å². The summed E-state index contributed by atoms with van der Waals surface area (Å²) in [6.07, 6.45) is 5.25. The highest BCUT2D eigenvalue weighted by atomic mass is 16.1. The summed E-state index contributed by atoms with van der Waals surface area (Å²) in [6, 6.07) is 13.5. The van der Waals surface area contributed by atoms with Crippen LogP contribution in [0.1, 0.15) is 27.0 Å². The standard InChI is InChI=1S/C20H19N3O/c1-14-7-8-18(15(2)11-14)20(24)23-13-17-6-4-10-22-19(17)16-5-3-9-21-12-16/h3-12H,13H2,1-2H3,(H,23,24). The van der Waals surface area contributed by atoms with Crippen LogP contribution in [0.2, 0.25) is 0 Å². The van der Waals surface area contributed by atoms with Gasteiger partial charge in [-0.15, -0.1) is 0 Å². The number of nitrogens with zero attached hydrogens (tertiary/aromatic N) is 2. The number of pyridine rings is 2. The van der Waals surface area contributed by atoms with Gasteiger partial charge >= 0.3 is 0 Å². The summed E-state index contributed by atoms with van der Waals surface area (Å²) in [6.45, 7) is 4.39. The van der Waals surface area contributed by atoms with E-state index in [0.717, 1.165) is 27.9 Å². The van der Waals surface area contributed by atoms with Crippen LogP contribution in [-0.2, 0) is 6.54 Å². The Kier molecular flexibility index (Phi) is 4.66. The average molecular weight is 317 g/mol. The van der Waals surface area contributed by atoms with Crippen molar-refractivity contribution in [2.24, 2.45) is 0 Å². The second-order valence-electron chi connectivity index (χ2n) is 5.75. The zero-order valence-corrected chi connectivity index (χ0v) is 13.8. The van der Waals surface area contributed by atoms with E-state index in [0.29, 0.717) is 12.1 Å². The smallest absolute Gasteiger partial charge is 0.251 e. The predicted molar refractivity (Wildman–Crippen MR) is 94.6 cm³/mol. The lowest BCUT2D eigenvalue weighted by Crippen LogP contribution is -2.24. The molecule has 0 atom stereocenters. The first-order valence-corrected chi connectivity index (χ1v) is 7.85. The lowest BCUT2D eigenvalue weighted by molar-refractivity contribution is 0.0950. The number of nitrogens with one attached hydrogen (secondary N) is 1. The Morgan fingerprint density at radius 1 is 1.08 bits per heavy atom. The minimum atomic E-state index is -0.0755. The first-order valence-electron chi connectivity index (χ1n) is 7.85. The van der Waals surface area contributed by atoms with Crippen LogP contribution in [0.4, 0.5) is 0 Å². The van der Waals surface area contributed by atoms with E-state index in [1.165, 1.54) is 0 Å². The fraction of sp³-hybridized carbons (Fsp3) is 0.150. The number of carbonyl (C=O) groups is 1. The molecule has 4 heteroatoms. The molecule has 0 aliphatic rings. The first kappa shape index (κ1) is 15.9. The zero-order valence-electron chi connectivity index (χ0n) is 13.8. The Morgan fingerprint density at radius 3 is 2.67 bits per heavy atom. The molecule has 0 spiro atoms. The Morgan fingerprint density at radius 2 is 1.92 bits per heavy atom. The summed E-state index contributed by atoms with van der Waals surface area (Å²) in [5, 5.41) is 2.99. The zero-order chi connectivity index (χ0) is 16.9. The normalized spacial score (nSPS) is 10.4. The fourth-order valence-corrected chi connectivity index (χ4v) is 2.68. The number of hydrogen-bond donors (Lipinski definition) is 1. The monoisotopic (exact) mass is 317 g/mol. The van der Waals surface area contributed by atoms with Crippen molar-refractivity contribution in [3.05, 3.63) is 83.3 Å². The summed E-state index contributed by atoms with van der Waals surface area (Å²) >= 11 is 0. The largest absolute Gasteiger partial charge is 0.348 e. The molecule has 1 N–H and O–H groups in total. The maximum atomic E-state index is 12.5. The molecule has 2 heterocycles. The minimum Gasteiger partial charge on any atom is -0.348 e. The molecule has 24 heavy (non-hydrogen) atoms. The minimum absolute atomic E-state index is 0.0755.